The maximum Gasteiger partial charge on any atom is 0.153 e. The van der Waals surface area contributed by atoms with Gasteiger partial charge in [-0.25, -0.2) is 10.1 Å². The van der Waals surface area contributed by atoms with Gasteiger partial charge in [-0.1, -0.05) is 5.21 Å². The monoisotopic (exact) mass is 283 g/mol. The average molecular weight is 284 g/mol. The van der Waals surface area contributed by atoms with Crippen molar-refractivity contribution in [3.05, 3.63) is 34.6 Å². The van der Waals surface area contributed by atoms with Crippen molar-refractivity contribution in [3.8, 4) is 0 Å². The molecule has 84 valence electrons. The molecular formula is C8H10BrN7. The van der Waals surface area contributed by atoms with E-state index in [-0.39, 0.29) is 6.04 Å². The maximum absolute atomic E-state index is 5.53. The molecule has 0 aliphatic heterocycles. The quantitative estimate of drug-likeness (QED) is 0.604. The number of nitrogens with zero attached hydrogens (tertiary/aromatic N) is 5. The summed E-state index contributed by atoms with van der Waals surface area (Å²) in [7, 11) is 1.79. The number of nitrogens with one attached hydrogen (secondary N) is 1. The van der Waals surface area contributed by atoms with Gasteiger partial charge in [-0.05, 0) is 15.9 Å². The molecule has 0 amide bonds. The van der Waals surface area contributed by atoms with Crippen LogP contribution in [0.3, 0.4) is 0 Å². The summed E-state index contributed by atoms with van der Waals surface area (Å²) in [5.41, 5.74) is 4.17. The van der Waals surface area contributed by atoms with Gasteiger partial charge in [-0.3, -0.25) is 15.8 Å². The van der Waals surface area contributed by atoms with Gasteiger partial charge in [-0.15, -0.1) is 5.10 Å². The van der Waals surface area contributed by atoms with Gasteiger partial charge in [0.2, 0.25) is 0 Å². The summed E-state index contributed by atoms with van der Waals surface area (Å²) in [6.45, 7) is 0. The van der Waals surface area contributed by atoms with Gasteiger partial charge in [0.15, 0.2) is 4.60 Å². The Balaban J connectivity index is 2.45. The molecule has 0 saturated carbocycles. The Hall–Kier alpha value is -1.38. The lowest BCUT2D eigenvalue weighted by Crippen LogP contribution is -2.31. The number of aromatic nitrogens is 5. The SMILES string of the molecule is Cn1nnc(Br)c1C(NN)c1cnccn1. The molecule has 0 saturated heterocycles. The zero-order chi connectivity index (χ0) is 11.5. The fourth-order valence-corrected chi connectivity index (χ4v) is 1.97. The van der Waals surface area contributed by atoms with Gasteiger partial charge in [-0.2, -0.15) is 0 Å². The van der Waals surface area contributed by atoms with Crippen LogP contribution in [0.1, 0.15) is 17.4 Å². The smallest absolute Gasteiger partial charge is 0.153 e. The number of rotatable bonds is 3. The highest BCUT2D eigenvalue weighted by atomic mass is 79.9. The van der Waals surface area contributed by atoms with E-state index in [0.717, 1.165) is 5.69 Å². The molecule has 0 aromatic carbocycles. The number of hydrogen-bond donors (Lipinski definition) is 2. The van der Waals surface area contributed by atoms with Gasteiger partial charge in [0, 0.05) is 19.4 Å². The standard InChI is InChI=1S/C8H10BrN7/c1-16-7(8(9)14-15-16)6(13-10)5-4-11-2-3-12-5/h2-4,6,13H,10H2,1H3. The van der Waals surface area contributed by atoms with E-state index < -0.39 is 0 Å². The summed E-state index contributed by atoms with van der Waals surface area (Å²) in [6.07, 6.45) is 4.86. The van der Waals surface area contributed by atoms with Crippen LogP contribution in [0.2, 0.25) is 0 Å². The van der Waals surface area contributed by atoms with Gasteiger partial charge < -0.3 is 0 Å². The normalized spacial score (nSPS) is 12.7. The molecule has 2 aromatic heterocycles. The van der Waals surface area contributed by atoms with Crippen LogP contribution in [-0.4, -0.2) is 25.0 Å². The second kappa shape index (κ2) is 4.64. The number of hydrogen-bond acceptors (Lipinski definition) is 6. The van der Waals surface area contributed by atoms with Crippen molar-refractivity contribution in [2.24, 2.45) is 12.9 Å². The van der Waals surface area contributed by atoms with Crippen molar-refractivity contribution in [2.75, 3.05) is 0 Å². The maximum atomic E-state index is 5.53. The van der Waals surface area contributed by atoms with Crippen LogP contribution >= 0.6 is 15.9 Å². The number of nitrogens with two attached hydrogens (primary N) is 1. The van der Waals surface area contributed by atoms with Crippen LogP contribution in [0.25, 0.3) is 0 Å². The van der Waals surface area contributed by atoms with Crippen molar-refractivity contribution in [1.82, 2.24) is 30.4 Å². The third-order valence-electron chi connectivity index (χ3n) is 2.15. The molecule has 0 spiro atoms. The minimum absolute atomic E-state index is 0.303. The predicted octanol–water partition coefficient (Wildman–Crippen LogP) is -0.0797. The summed E-state index contributed by atoms with van der Waals surface area (Å²) in [5.74, 6) is 5.53. The Morgan fingerprint density at radius 3 is 2.81 bits per heavy atom. The topological polar surface area (TPSA) is 94.5 Å². The number of halogens is 1. The first-order chi connectivity index (χ1) is 7.74. The van der Waals surface area contributed by atoms with Gasteiger partial charge >= 0.3 is 0 Å². The number of hydrazine groups is 1. The van der Waals surface area contributed by atoms with Crippen molar-refractivity contribution in [3.63, 3.8) is 0 Å². The average Bonchev–Trinajstić information content (AvgIpc) is 2.63. The summed E-state index contributed by atoms with van der Waals surface area (Å²) in [4.78, 5) is 8.19. The minimum atomic E-state index is -0.303. The summed E-state index contributed by atoms with van der Waals surface area (Å²) in [6, 6.07) is -0.303. The highest BCUT2D eigenvalue weighted by Crippen LogP contribution is 2.23. The van der Waals surface area contributed by atoms with E-state index >= 15 is 0 Å². The summed E-state index contributed by atoms with van der Waals surface area (Å²) in [5, 5.41) is 7.78. The second-order valence-electron chi connectivity index (χ2n) is 3.12. The van der Waals surface area contributed by atoms with Crippen LogP contribution in [0, 0.1) is 0 Å². The third kappa shape index (κ3) is 1.94. The Labute approximate surface area is 100 Å². The first-order valence-electron chi connectivity index (χ1n) is 4.51. The van der Waals surface area contributed by atoms with Crippen molar-refractivity contribution >= 4 is 15.9 Å². The predicted molar refractivity (Wildman–Crippen MR) is 59.9 cm³/mol. The molecule has 3 N–H and O–H groups in total. The van der Waals surface area contributed by atoms with E-state index in [0.29, 0.717) is 10.3 Å². The zero-order valence-corrected chi connectivity index (χ0v) is 10.1. The van der Waals surface area contributed by atoms with Crippen LogP contribution in [0.15, 0.2) is 23.2 Å². The van der Waals surface area contributed by atoms with Crippen molar-refractivity contribution in [1.29, 1.82) is 0 Å². The van der Waals surface area contributed by atoms with Crippen LogP contribution in [0.4, 0.5) is 0 Å². The van der Waals surface area contributed by atoms with Crippen LogP contribution < -0.4 is 11.3 Å². The first-order valence-corrected chi connectivity index (χ1v) is 5.30. The lowest BCUT2D eigenvalue weighted by molar-refractivity contribution is 0.557. The molecule has 0 aliphatic carbocycles. The van der Waals surface area contributed by atoms with Gasteiger partial charge in [0.05, 0.1) is 17.6 Å². The van der Waals surface area contributed by atoms with E-state index in [1.165, 1.54) is 0 Å². The van der Waals surface area contributed by atoms with Crippen molar-refractivity contribution in [2.45, 2.75) is 6.04 Å². The molecule has 1 unspecified atom stereocenters. The highest BCUT2D eigenvalue weighted by molar-refractivity contribution is 9.10. The van der Waals surface area contributed by atoms with Crippen LogP contribution in [-0.2, 0) is 7.05 Å². The van der Waals surface area contributed by atoms with E-state index in [2.05, 4.69) is 41.6 Å². The lowest BCUT2D eigenvalue weighted by Gasteiger charge is -2.14. The Morgan fingerprint density at radius 1 is 1.50 bits per heavy atom. The van der Waals surface area contributed by atoms with Crippen molar-refractivity contribution < 1.29 is 0 Å². The van der Waals surface area contributed by atoms with E-state index in [4.69, 9.17) is 5.84 Å². The zero-order valence-electron chi connectivity index (χ0n) is 8.50. The number of aryl methyl sites for hydroxylation is 1. The largest absolute Gasteiger partial charge is 0.270 e. The first kappa shape index (κ1) is 11.1. The second-order valence-corrected chi connectivity index (χ2v) is 3.87. The lowest BCUT2D eigenvalue weighted by atomic mass is 10.1. The van der Waals surface area contributed by atoms with Gasteiger partial charge in [0.25, 0.3) is 0 Å². The van der Waals surface area contributed by atoms with Crippen LogP contribution in [0.5, 0.6) is 0 Å². The molecule has 0 aliphatic rings. The summed E-state index contributed by atoms with van der Waals surface area (Å²) < 4.78 is 2.26. The molecule has 2 heterocycles. The molecule has 16 heavy (non-hydrogen) atoms. The fraction of sp³-hybridized carbons (Fsp3) is 0.250. The highest BCUT2D eigenvalue weighted by Gasteiger charge is 2.21. The molecule has 2 rings (SSSR count). The fourth-order valence-electron chi connectivity index (χ4n) is 1.41. The third-order valence-corrected chi connectivity index (χ3v) is 2.71. The molecule has 7 nitrogen and oxygen atoms in total. The molecule has 0 fully saturated rings. The molecule has 0 radical (unpaired) electrons. The molecule has 1 atom stereocenters. The Bertz CT molecular complexity index is 449. The molecule has 8 heteroatoms. The Kier molecular flexibility index (Phi) is 3.22. The Morgan fingerprint density at radius 2 is 2.31 bits per heavy atom. The van der Waals surface area contributed by atoms with E-state index in [1.54, 1.807) is 30.3 Å². The minimum Gasteiger partial charge on any atom is -0.270 e. The summed E-state index contributed by atoms with van der Waals surface area (Å²) >= 11 is 3.32. The van der Waals surface area contributed by atoms with E-state index in [1.807, 2.05) is 0 Å². The van der Waals surface area contributed by atoms with Gasteiger partial charge in [0.1, 0.15) is 6.04 Å². The molecule has 2 aromatic rings. The van der Waals surface area contributed by atoms with E-state index in [9.17, 15) is 0 Å². The molecule has 0 bridgehead atoms. The molecular weight excluding hydrogens is 274 g/mol.